The van der Waals surface area contributed by atoms with Gasteiger partial charge in [0.25, 0.3) is 0 Å². The Kier molecular flexibility index (Phi) is 9.75. The summed E-state index contributed by atoms with van der Waals surface area (Å²) in [7, 11) is 0. The van der Waals surface area contributed by atoms with Gasteiger partial charge in [-0.3, -0.25) is 0 Å². The molecule has 0 saturated heterocycles. The minimum atomic E-state index is -1.75. The van der Waals surface area contributed by atoms with Crippen LogP contribution in [0.3, 0.4) is 0 Å². The quantitative estimate of drug-likeness (QED) is 0.356. The van der Waals surface area contributed by atoms with Gasteiger partial charge in [-0.2, -0.15) is 0 Å². The molecule has 7 heteroatoms. The van der Waals surface area contributed by atoms with Crippen molar-refractivity contribution in [3.05, 3.63) is 74.4 Å². The Labute approximate surface area is 137 Å². The van der Waals surface area contributed by atoms with Gasteiger partial charge in [0.05, 0.1) is 10.1 Å². The first-order valence-corrected chi connectivity index (χ1v) is 8.60. The van der Waals surface area contributed by atoms with Crippen molar-refractivity contribution in [1.29, 1.82) is 0 Å². The molecule has 2 aromatic rings. The monoisotopic (exact) mass is 483 g/mol. The van der Waals surface area contributed by atoms with Gasteiger partial charge in [-0.05, 0) is 18.6 Å². The summed E-state index contributed by atoms with van der Waals surface area (Å²) < 4.78 is 1.52. The van der Waals surface area contributed by atoms with Gasteiger partial charge in [-0.1, -0.05) is 23.7 Å². The number of nitrogens with zero attached hydrogens (tertiary/aromatic N) is 1. The molecule has 0 bridgehead atoms. The van der Waals surface area contributed by atoms with Crippen LogP contribution in [0.4, 0.5) is 0 Å². The first-order valence-electron chi connectivity index (χ1n) is 5.47. The summed E-state index contributed by atoms with van der Waals surface area (Å²) in [6, 6.07) is 15.8. The van der Waals surface area contributed by atoms with Crippen molar-refractivity contribution in [1.82, 2.24) is 0 Å². The normalized spacial score (nSPS) is 8.60. The Morgan fingerprint density at radius 1 is 1.10 bits per heavy atom. The molecule has 5 nitrogen and oxygen atoms in total. The van der Waals surface area contributed by atoms with E-state index in [0.29, 0.717) is 5.02 Å². The molecule has 0 atom stereocenters. The second-order valence-corrected chi connectivity index (χ2v) is 7.20. The molecule has 0 spiro atoms. The van der Waals surface area contributed by atoms with Crippen LogP contribution < -0.4 is 3.07 Å². The Balaban J connectivity index is 0.000000293. The predicted molar refractivity (Wildman–Crippen MR) is 74.3 cm³/mol. The number of rotatable bonds is 0. The Hall–Kier alpha value is -1.33. The van der Waals surface area contributed by atoms with Gasteiger partial charge >= 0.3 is 59.5 Å². The molecule has 0 radical (unpaired) electrons. The van der Waals surface area contributed by atoms with Gasteiger partial charge in [-0.25, -0.2) is 0 Å². The molecular formula is C13H12ClHgNO4. The predicted octanol–water partition coefficient (Wildman–Crippen LogP) is 2.97. The van der Waals surface area contributed by atoms with E-state index in [0.717, 1.165) is 31.7 Å². The van der Waals surface area contributed by atoms with Crippen molar-refractivity contribution < 1.29 is 36.3 Å². The number of aryl methyl sites for hydroxylation is 1. The van der Waals surface area contributed by atoms with E-state index in [9.17, 15) is 0 Å². The third-order valence-corrected chi connectivity index (χ3v) is 4.17. The topological polar surface area (TPSA) is 86.4 Å². The zero-order chi connectivity index (χ0) is 15.5. The van der Waals surface area contributed by atoms with Gasteiger partial charge < -0.3 is 20.4 Å². The molecule has 20 heavy (non-hydrogen) atoms. The fourth-order valence-electron chi connectivity index (χ4n) is 1.10. The molecule has 0 saturated carbocycles. The van der Waals surface area contributed by atoms with E-state index in [1.54, 1.807) is 25.1 Å². The van der Waals surface area contributed by atoms with Crippen molar-refractivity contribution >= 4 is 14.7 Å². The maximum absolute atomic E-state index is 9.07. The molecule has 0 aromatic heterocycles. The van der Waals surface area contributed by atoms with E-state index in [1.807, 2.05) is 0 Å². The van der Waals surface area contributed by atoms with E-state index in [1.165, 1.54) is 3.07 Å². The van der Waals surface area contributed by atoms with Gasteiger partial charge in [0.15, 0.2) is 0 Å². The molecule has 1 N–H and O–H groups in total. The SMILES string of the molecule is Cc1cccc(Cl)c1O.O=[N+]([O-])[O-].[Hg+][c]1ccccc1. The zero-order valence-electron chi connectivity index (χ0n) is 10.8. The Morgan fingerprint density at radius 2 is 1.60 bits per heavy atom. The molecule has 0 aliphatic heterocycles. The van der Waals surface area contributed by atoms with Crippen LogP contribution in [0.25, 0.3) is 0 Å². The van der Waals surface area contributed by atoms with Crippen LogP contribution in [0.2, 0.25) is 5.02 Å². The molecule has 0 unspecified atom stereocenters. The average molecular weight is 482 g/mol. The molecular weight excluding hydrogens is 470 g/mol. The fraction of sp³-hybridized carbons (Fsp3) is 0.0769. The van der Waals surface area contributed by atoms with Crippen LogP contribution in [0.1, 0.15) is 5.56 Å². The van der Waals surface area contributed by atoms with E-state index < -0.39 is 5.09 Å². The van der Waals surface area contributed by atoms with Gasteiger partial charge in [0, 0.05) is 0 Å². The van der Waals surface area contributed by atoms with E-state index >= 15 is 0 Å². The first kappa shape index (κ1) is 18.7. The molecule has 2 rings (SSSR count). The minimum absolute atomic E-state index is 0.180. The van der Waals surface area contributed by atoms with Crippen LogP contribution in [0.15, 0.2) is 48.5 Å². The van der Waals surface area contributed by atoms with Crippen LogP contribution in [-0.4, -0.2) is 10.2 Å². The number of benzene rings is 2. The second-order valence-electron chi connectivity index (χ2n) is 3.61. The summed E-state index contributed by atoms with van der Waals surface area (Å²) >= 11 is 6.37. The van der Waals surface area contributed by atoms with Gasteiger partial charge in [0.1, 0.15) is 5.75 Å². The Morgan fingerprint density at radius 3 is 1.90 bits per heavy atom. The summed E-state index contributed by atoms with van der Waals surface area (Å²) in [5.74, 6) is 0.180. The summed E-state index contributed by atoms with van der Waals surface area (Å²) in [5.41, 5.74) is 0.808. The molecule has 0 aliphatic rings. The zero-order valence-corrected chi connectivity index (χ0v) is 17.1. The van der Waals surface area contributed by atoms with Crippen LogP contribution in [0.5, 0.6) is 5.75 Å². The number of phenolic OH excluding ortho intramolecular Hbond substituents is 1. The molecule has 102 valence electrons. The molecule has 0 amide bonds. The van der Waals surface area contributed by atoms with Crippen molar-refractivity contribution in [2.24, 2.45) is 0 Å². The number of halogens is 1. The van der Waals surface area contributed by atoms with Crippen LogP contribution in [0, 0.1) is 22.2 Å². The maximum atomic E-state index is 9.07. The molecule has 2 aromatic carbocycles. The summed E-state index contributed by atoms with van der Waals surface area (Å²) in [6.45, 7) is 1.81. The van der Waals surface area contributed by atoms with E-state index in [4.69, 9.17) is 32.0 Å². The number of hydrogen-bond acceptors (Lipinski definition) is 4. The summed E-state index contributed by atoms with van der Waals surface area (Å²) in [4.78, 5) is 8.25. The summed E-state index contributed by atoms with van der Waals surface area (Å²) in [5, 5.41) is 24.2. The van der Waals surface area contributed by atoms with Gasteiger partial charge in [0.2, 0.25) is 0 Å². The average Bonchev–Trinajstić information content (AvgIpc) is 2.37. The van der Waals surface area contributed by atoms with E-state index in [-0.39, 0.29) is 5.75 Å². The number of phenols is 1. The number of aromatic hydroxyl groups is 1. The number of para-hydroxylation sites is 1. The van der Waals surface area contributed by atoms with Crippen molar-refractivity contribution in [3.63, 3.8) is 0 Å². The Bertz CT molecular complexity index is 513. The van der Waals surface area contributed by atoms with Crippen LogP contribution in [-0.2, 0) is 26.1 Å². The third-order valence-electron chi connectivity index (χ3n) is 2.03. The van der Waals surface area contributed by atoms with Crippen molar-refractivity contribution in [2.45, 2.75) is 6.92 Å². The molecule has 0 aliphatic carbocycles. The summed E-state index contributed by atoms with van der Waals surface area (Å²) in [6.07, 6.45) is 0. The van der Waals surface area contributed by atoms with Crippen molar-refractivity contribution in [3.8, 4) is 5.75 Å². The molecule has 0 heterocycles. The fourth-order valence-corrected chi connectivity index (χ4v) is 2.38. The standard InChI is InChI=1S/C7H7ClO.C6H5.Hg.NO3/c1-5-3-2-4-6(8)7(5)9;1-2-4-6-5-3-1;;2-1(3)4/h2-4,9H,1H3;1-5H;;/q;;+1;-1. The third kappa shape index (κ3) is 9.58. The second kappa shape index (κ2) is 10.5. The number of hydrogen-bond donors (Lipinski definition) is 1. The van der Waals surface area contributed by atoms with Crippen LogP contribution >= 0.6 is 11.6 Å². The van der Waals surface area contributed by atoms with E-state index in [2.05, 4.69) is 30.3 Å². The molecule has 0 fully saturated rings. The van der Waals surface area contributed by atoms with Crippen molar-refractivity contribution in [2.75, 3.05) is 0 Å². The van der Waals surface area contributed by atoms with Gasteiger partial charge in [-0.15, -0.1) is 0 Å². The first-order chi connectivity index (χ1) is 9.34.